The Hall–Kier alpha value is -1.90. The van der Waals surface area contributed by atoms with Crippen LogP contribution in [0.5, 0.6) is 0 Å². The number of carbonyl (C=O) groups excluding carboxylic acids is 1. The molecule has 2 heterocycles. The molecule has 1 aromatic carbocycles. The summed E-state index contributed by atoms with van der Waals surface area (Å²) in [4.78, 5) is 14.1. The molecule has 0 aliphatic carbocycles. The van der Waals surface area contributed by atoms with E-state index in [1.165, 1.54) is 10.4 Å². The number of rotatable bonds is 3. The van der Waals surface area contributed by atoms with Crippen molar-refractivity contribution in [2.45, 2.75) is 18.7 Å². The highest BCUT2D eigenvalue weighted by atomic mass is 35.5. The number of aromatic nitrogens is 1. The molecule has 134 valence electrons. The highest BCUT2D eigenvalue weighted by Gasteiger charge is 2.31. The molecular formula is C16H18ClN3O4S. The van der Waals surface area contributed by atoms with Gasteiger partial charge in [0.25, 0.3) is 5.91 Å². The lowest BCUT2D eigenvalue weighted by atomic mass is 10.2. The Morgan fingerprint density at radius 1 is 1.16 bits per heavy atom. The summed E-state index contributed by atoms with van der Waals surface area (Å²) in [7, 11) is -3.63. The van der Waals surface area contributed by atoms with Crippen molar-refractivity contribution in [3.63, 3.8) is 0 Å². The summed E-state index contributed by atoms with van der Waals surface area (Å²) in [6.45, 7) is 4.55. The molecule has 1 aliphatic rings. The monoisotopic (exact) mass is 383 g/mol. The molecule has 1 amide bonds. The van der Waals surface area contributed by atoms with E-state index in [0.717, 1.165) is 5.56 Å². The zero-order valence-electron chi connectivity index (χ0n) is 13.9. The maximum absolute atomic E-state index is 12.7. The van der Waals surface area contributed by atoms with Crippen molar-refractivity contribution >= 4 is 27.5 Å². The number of amides is 1. The first kappa shape index (κ1) is 17.9. The molecule has 0 bridgehead atoms. The van der Waals surface area contributed by atoms with Crippen LogP contribution >= 0.6 is 11.6 Å². The minimum atomic E-state index is -3.63. The Balaban J connectivity index is 1.71. The van der Waals surface area contributed by atoms with Crippen LogP contribution in [0.15, 0.2) is 33.7 Å². The molecule has 0 saturated carbocycles. The van der Waals surface area contributed by atoms with Crippen molar-refractivity contribution < 1.29 is 17.7 Å². The molecule has 7 nitrogen and oxygen atoms in total. The second-order valence-corrected chi connectivity index (χ2v) is 8.28. The molecule has 0 atom stereocenters. The van der Waals surface area contributed by atoms with Gasteiger partial charge in [-0.15, -0.1) is 0 Å². The predicted molar refractivity (Wildman–Crippen MR) is 92.1 cm³/mol. The zero-order chi connectivity index (χ0) is 18.2. The maximum atomic E-state index is 12.7. The fourth-order valence-corrected chi connectivity index (χ4v) is 4.34. The summed E-state index contributed by atoms with van der Waals surface area (Å²) in [6, 6.07) is 6.26. The van der Waals surface area contributed by atoms with E-state index in [-0.39, 0.29) is 29.6 Å². The van der Waals surface area contributed by atoms with Gasteiger partial charge in [0, 0.05) is 37.3 Å². The van der Waals surface area contributed by atoms with E-state index in [1.54, 1.807) is 30.0 Å². The smallest absolute Gasteiger partial charge is 0.276 e. The molecule has 25 heavy (non-hydrogen) atoms. The van der Waals surface area contributed by atoms with Crippen LogP contribution in [0.1, 0.15) is 21.8 Å². The van der Waals surface area contributed by atoms with E-state index in [0.29, 0.717) is 23.9 Å². The lowest BCUT2D eigenvalue weighted by Crippen LogP contribution is -2.50. The highest BCUT2D eigenvalue weighted by molar-refractivity contribution is 7.89. The minimum absolute atomic E-state index is 0.162. The third-order valence-electron chi connectivity index (χ3n) is 4.15. The van der Waals surface area contributed by atoms with Crippen LogP contribution < -0.4 is 0 Å². The van der Waals surface area contributed by atoms with Gasteiger partial charge in [0.05, 0.1) is 4.90 Å². The van der Waals surface area contributed by atoms with Gasteiger partial charge < -0.3 is 9.42 Å². The average Bonchev–Trinajstić information content (AvgIpc) is 3.03. The lowest BCUT2D eigenvalue weighted by Gasteiger charge is -2.33. The molecule has 1 fully saturated rings. The molecule has 2 aromatic rings. The average molecular weight is 384 g/mol. The summed E-state index contributed by atoms with van der Waals surface area (Å²) in [6.07, 6.45) is 0. The first-order valence-electron chi connectivity index (χ1n) is 7.78. The normalized spacial score (nSPS) is 16.2. The number of piperazine rings is 1. The van der Waals surface area contributed by atoms with Gasteiger partial charge in [-0.25, -0.2) is 8.42 Å². The summed E-state index contributed by atoms with van der Waals surface area (Å²) >= 11 is 6.04. The van der Waals surface area contributed by atoms with Crippen LogP contribution in [-0.2, 0) is 10.0 Å². The van der Waals surface area contributed by atoms with Crippen molar-refractivity contribution in [2.75, 3.05) is 26.2 Å². The summed E-state index contributed by atoms with van der Waals surface area (Å²) in [5, 5.41) is 4.12. The van der Waals surface area contributed by atoms with Crippen molar-refractivity contribution in [2.24, 2.45) is 0 Å². The summed E-state index contributed by atoms with van der Waals surface area (Å²) in [5.41, 5.74) is 1.05. The number of benzene rings is 1. The third kappa shape index (κ3) is 3.56. The molecule has 0 spiro atoms. The zero-order valence-corrected chi connectivity index (χ0v) is 15.5. The van der Waals surface area contributed by atoms with Crippen molar-refractivity contribution in [1.29, 1.82) is 0 Å². The molecule has 1 aromatic heterocycles. The number of hydrogen-bond acceptors (Lipinski definition) is 5. The van der Waals surface area contributed by atoms with Gasteiger partial charge in [0.1, 0.15) is 5.76 Å². The molecule has 3 rings (SSSR count). The SMILES string of the molecule is Cc1cc(C(=O)N2CCN(S(=O)(=O)c3ccc(C)c(Cl)c3)CC2)no1. The number of sulfonamides is 1. The first-order chi connectivity index (χ1) is 11.8. The maximum Gasteiger partial charge on any atom is 0.276 e. The van der Waals surface area contributed by atoms with Crippen LogP contribution in [-0.4, -0.2) is 54.9 Å². The van der Waals surface area contributed by atoms with Crippen molar-refractivity contribution in [1.82, 2.24) is 14.4 Å². The number of carbonyl (C=O) groups is 1. The van der Waals surface area contributed by atoms with Crippen LogP contribution in [0.3, 0.4) is 0 Å². The van der Waals surface area contributed by atoms with E-state index in [9.17, 15) is 13.2 Å². The first-order valence-corrected chi connectivity index (χ1v) is 9.60. The summed E-state index contributed by atoms with van der Waals surface area (Å²) < 4.78 is 31.8. The molecular weight excluding hydrogens is 366 g/mol. The van der Waals surface area contributed by atoms with E-state index in [2.05, 4.69) is 5.16 Å². The molecule has 0 radical (unpaired) electrons. The molecule has 9 heteroatoms. The number of halogens is 1. The van der Waals surface area contributed by atoms with E-state index in [4.69, 9.17) is 16.1 Å². The van der Waals surface area contributed by atoms with Gasteiger partial charge in [0.2, 0.25) is 10.0 Å². The van der Waals surface area contributed by atoms with E-state index < -0.39 is 10.0 Å². The van der Waals surface area contributed by atoms with Gasteiger partial charge in [0.15, 0.2) is 5.69 Å². The topological polar surface area (TPSA) is 83.7 Å². The largest absolute Gasteiger partial charge is 0.361 e. The molecule has 1 aliphatic heterocycles. The van der Waals surface area contributed by atoms with E-state index in [1.807, 2.05) is 6.92 Å². The fourth-order valence-electron chi connectivity index (χ4n) is 2.64. The highest BCUT2D eigenvalue weighted by Crippen LogP contribution is 2.23. The number of nitrogens with zero attached hydrogens (tertiary/aromatic N) is 3. The standard InChI is InChI=1S/C16H18ClN3O4S/c1-11-3-4-13(10-14(11)17)25(22,23)20-7-5-19(6-8-20)16(21)15-9-12(2)24-18-15/h3-4,9-10H,5-8H2,1-2H3. The molecule has 1 saturated heterocycles. The minimum Gasteiger partial charge on any atom is -0.361 e. The molecule has 0 N–H and O–H groups in total. The number of hydrogen-bond donors (Lipinski definition) is 0. The van der Waals surface area contributed by atoms with Gasteiger partial charge >= 0.3 is 0 Å². The van der Waals surface area contributed by atoms with Crippen LogP contribution in [0.25, 0.3) is 0 Å². The summed E-state index contributed by atoms with van der Waals surface area (Å²) in [5.74, 6) is 0.299. The Morgan fingerprint density at radius 3 is 2.40 bits per heavy atom. The second-order valence-electron chi connectivity index (χ2n) is 5.93. The van der Waals surface area contributed by atoms with Gasteiger partial charge in [-0.3, -0.25) is 4.79 Å². The Kier molecular flexibility index (Phi) is 4.86. The Labute approximate surface area is 151 Å². The van der Waals surface area contributed by atoms with Gasteiger partial charge in [-0.1, -0.05) is 22.8 Å². The van der Waals surface area contributed by atoms with Crippen LogP contribution in [0.4, 0.5) is 0 Å². The van der Waals surface area contributed by atoms with Gasteiger partial charge in [-0.2, -0.15) is 4.31 Å². The second kappa shape index (κ2) is 6.78. The lowest BCUT2D eigenvalue weighted by molar-refractivity contribution is 0.0687. The fraction of sp³-hybridized carbons (Fsp3) is 0.375. The number of aryl methyl sites for hydroxylation is 2. The third-order valence-corrected chi connectivity index (χ3v) is 6.46. The van der Waals surface area contributed by atoms with Crippen molar-refractivity contribution in [3.8, 4) is 0 Å². The van der Waals surface area contributed by atoms with E-state index >= 15 is 0 Å². The molecule has 0 unspecified atom stereocenters. The van der Waals surface area contributed by atoms with Crippen molar-refractivity contribution in [3.05, 3.63) is 46.3 Å². The van der Waals surface area contributed by atoms with Crippen LogP contribution in [0, 0.1) is 13.8 Å². The predicted octanol–water partition coefficient (Wildman–Crippen LogP) is 2.09. The van der Waals surface area contributed by atoms with Crippen LogP contribution in [0.2, 0.25) is 5.02 Å². The quantitative estimate of drug-likeness (QED) is 0.810. The van der Waals surface area contributed by atoms with Gasteiger partial charge in [-0.05, 0) is 31.5 Å². The Morgan fingerprint density at radius 2 is 1.84 bits per heavy atom. The Bertz CT molecular complexity index is 902.